The Morgan fingerprint density at radius 1 is 1.04 bits per heavy atom. The average Bonchev–Trinajstić information content (AvgIpc) is 2.60. The lowest BCUT2D eigenvalue weighted by Crippen LogP contribution is -2.43. The van der Waals surface area contributed by atoms with Crippen LogP contribution < -0.4 is 0 Å². The summed E-state index contributed by atoms with van der Waals surface area (Å²) in [5.41, 5.74) is 1.18. The number of piperidine rings is 1. The molecule has 1 aliphatic carbocycles. The van der Waals surface area contributed by atoms with E-state index in [2.05, 4.69) is 15.9 Å². The van der Waals surface area contributed by atoms with Gasteiger partial charge in [-0.15, -0.1) is 0 Å². The number of aliphatic hydroxyl groups is 1. The van der Waals surface area contributed by atoms with Crippen LogP contribution in [0.4, 0.5) is 0 Å². The van der Waals surface area contributed by atoms with E-state index in [-0.39, 0.29) is 6.10 Å². The van der Waals surface area contributed by atoms with Crippen LogP contribution in [0.5, 0.6) is 5.75 Å². The van der Waals surface area contributed by atoms with Crippen LogP contribution in [0.15, 0.2) is 24.3 Å². The molecule has 1 aromatic carbocycles. The number of aromatic hydroxyl groups is 1. The molecule has 1 heterocycles. The highest BCUT2D eigenvalue weighted by Crippen LogP contribution is 2.25. The highest BCUT2D eigenvalue weighted by atomic mass is 16.3. The third-order valence-corrected chi connectivity index (χ3v) is 5.63. The van der Waals surface area contributed by atoms with E-state index < -0.39 is 0 Å². The first kappa shape index (κ1) is 17.7. The van der Waals surface area contributed by atoms with Crippen LogP contribution in [0, 0.1) is 0 Å². The number of phenolic OH excluding ortho intramolecular Hbond substituents is 1. The summed E-state index contributed by atoms with van der Waals surface area (Å²) in [5.74, 6) is 0.350. The SMILES string of the molecule is Oc1cccc(CN(CCN2CCCCC2)C2CCC(O)CC2)c1. The zero-order valence-electron chi connectivity index (χ0n) is 14.7. The molecule has 0 spiro atoms. The van der Waals surface area contributed by atoms with Crippen LogP contribution in [0.1, 0.15) is 50.5 Å². The molecule has 1 aliphatic heterocycles. The first-order chi connectivity index (χ1) is 11.7. The van der Waals surface area contributed by atoms with Gasteiger partial charge in [0.15, 0.2) is 0 Å². The summed E-state index contributed by atoms with van der Waals surface area (Å²) >= 11 is 0. The van der Waals surface area contributed by atoms with Crippen molar-refractivity contribution < 1.29 is 10.2 Å². The fourth-order valence-corrected chi connectivity index (χ4v) is 4.16. The number of likely N-dealkylation sites (tertiary alicyclic amines) is 1. The van der Waals surface area contributed by atoms with Crippen molar-refractivity contribution in [2.45, 2.75) is 63.6 Å². The van der Waals surface area contributed by atoms with Crippen molar-refractivity contribution in [3.05, 3.63) is 29.8 Å². The first-order valence-electron chi connectivity index (χ1n) is 9.63. The van der Waals surface area contributed by atoms with E-state index in [0.717, 1.165) is 45.3 Å². The molecule has 24 heavy (non-hydrogen) atoms. The largest absolute Gasteiger partial charge is 0.508 e. The minimum Gasteiger partial charge on any atom is -0.508 e. The van der Waals surface area contributed by atoms with Crippen LogP contribution in [0.2, 0.25) is 0 Å². The molecule has 2 aliphatic rings. The molecule has 0 amide bonds. The van der Waals surface area contributed by atoms with E-state index in [1.165, 1.54) is 37.9 Å². The maximum Gasteiger partial charge on any atom is 0.115 e. The fraction of sp³-hybridized carbons (Fsp3) is 0.700. The number of aliphatic hydroxyl groups excluding tert-OH is 1. The molecule has 2 fully saturated rings. The van der Waals surface area contributed by atoms with Crippen molar-refractivity contribution >= 4 is 0 Å². The molecule has 1 aromatic rings. The van der Waals surface area contributed by atoms with Crippen molar-refractivity contribution in [1.82, 2.24) is 9.80 Å². The van der Waals surface area contributed by atoms with E-state index in [1.807, 2.05) is 12.1 Å². The van der Waals surface area contributed by atoms with Gasteiger partial charge in [0.1, 0.15) is 5.75 Å². The van der Waals surface area contributed by atoms with E-state index in [0.29, 0.717) is 11.8 Å². The summed E-state index contributed by atoms with van der Waals surface area (Å²) in [7, 11) is 0. The van der Waals surface area contributed by atoms with Gasteiger partial charge in [0.05, 0.1) is 6.10 Å². The Morgan fingerprint density at radius 3 is 2.50 bits per heavy atom. The molecule has 3 rings (SSSR count). The van der Waals surface area contributed by atoms with Crippen LogP contribution in [0.25, 0.3) is 0 Å². The number of phenols is 1. The predicted octanol–water partition coefficient (Wildman–Crippen LogP) is 2.98. The smallest absolute Gasteiger partial charge is 0.115 e. The van der Waals surface area contributed by atoms with E-state index in [4.69, 9.17) is 0 Å². The predicted molar refractivity (Wildman–Crippen MR) is 97.1 cm³/mol. The first-order valence-corrected chi connectivity index (χ1v) is 9.63. The quantitative estimate of drug-likeness (QED) is 0.841. The lowest BCUT2D eigenvalue weighted by molar-refractivity contribution is 0.0629. The lowest BCUT2D eigenvalue weighted by Gasteiger charge is -2.37. The zero-order valence-corrected chi connectivity index (χ0v) is 14.7. The molecular weight excluding hydrogens is 300 g/mol. The molecule has 1 saturated heterocycles. The number of rotatable bonds is 6. The number of nitrogens with zero attached hydrogens (tertiary/aromatic N) is 2. The second kappa shape index (κ2) is 8.84. The molecule has 4 nitrogen and oxygen atoms in total. The highest BCUT2D eigenvalue weighted by Gasteiger charge is 2.25. The standard InChI is InChI=1S/C20H32N2O2/c23-19-9-7-18(8-10-19)22(14-13-21-11-2-1-3-12-21)16-17-5-4-6-20(24)15-17/h4-6,15,18-19,23-24H,1-3,7-14,16H2. The minimum atomic E-state index is -0.106. The van der Waals surface area contributed by atoms with Gasteiger partial charge in [-0.2, -0.15) is 0 Å². The Bertz CT molecular complexity index is 494. The molecule has 0 radical (unpaired) electrons. The molecule has 134 valence electrons. The average molecular weight is 332 g/mol. The molecular formula is C20H32N2O2. The van der Waals surface area contributed by atoms with Crippen LogP contribution in [0.3, 0.4) is 0 Å². The Kier molecular flexibility index (Phi) is 6.52. The van der Waals surface area contributed by atoms with Crippen molar-refractivity contribution in [1.29, 1.82) is 0 Å². The monoisotopic (exact) mass is 332 g/mol. The zero-order chi connectivity index (χ0) is 16.8. The second-order valence-corrected chi connectivity index (χ2v) is 7.51. The van der Waals surface area contributed by atoms with Gasteiger partial charge in [-0.05, 0) is 69.3 Å². The summed E-state index contributed by atoms with van der Waals surface area (Å²) in [6, 6.07) is 8.20. The van der Waals surface area contributed by atoms with Crippen molar-refractivity contribution in [3.8, 4) is 5.75 Å². The Hall–Kier alpha value is -1.10. The minimum absolute atomic E-state index is 0.106. The summed E-state index contributed by atoms with van der Waals surface area (Å²) in [4.78, 5) is 5.17. The maximum atomic E-state index is 9.81. The summed E-state index contributed by atoms with van der Waals surface area (Å²) in [6.07, 6.45) is 7.95. The van der Waals surface area contributed by atoms with Gasteiger partial charge in [-0.3, -0.25) is 4.90 Å². The summed E-state index contributed by atoms with van der Waals surface area (Å²) in [5, 5.41) is 19.6. The van der Waals surface area contributed by atoms with E-state index >= 15 is 0 Å². The molecule has 0 atom stereocenters. The number of benzene rings is 1. The normalized spacial score (nSPS) is 25.9. The Morgan fingerprint density at radius 2 is 1.79 bits per heavy atom. The Labute approximate surface area is 146 Å². The second-order valence-electron chi connectivity index (χ2n) is 7.51. The van der Waals surface area contributed by atoms with Gasteiger partial charge in [0.25, 0.3) is 0 Å². The summed E-state index contributed by atoms with van der Waals surface area (Å²) < 4.78 is 0. The van der Waals surface area contributed by atoms with Gasteiger partial charge in [0, 0.05) is 25.7 Å². The third-order valence-electron chi connectivity index (χ3n) is 5.63. The van der Waals surface area contributed by atoms with Crippen LogP contribution in [-0.4, -0.2) is 58.3 Å². The van der Waals surface area contributed by atoms with Crippen LogP contribution >= 0.6 is 0 Å². The molecule has 1 saturated carbocycles. The fourth-order valence-electron chi connectivity index (χ4n) is 4.16. The molecule has 0 bridgehead atoms. The van der Waals surface area contributed by atoms with Crippen molar-refractivity contribution in [2.24, 2.45) is 0 Å². The van der Waals surface area contributed by atoms with E-state index in [1.54, 1.807) is 6.07 Å². The van der Waals surface area contributed by atoms with Gasteiger partial charge in [0.2, 0.25) is 0 Å². The molecule has 0 unspecified atom stereocenters. The Balaban J connectivity index is 1.61. The maximum absolute atomic E-state index is 9.81. The molecule has 4 heteroatoms. The van der Waals surface area contributed by atoms with Gasteiger partial charge in [-0.25, -0.2) is 0 Å². The van der Waals surface area contributed by atoms with Gasteiger partial charge >= 0.3 is 0 Å². The van der Waals surface area contributed by atoms with Crippen molar-refractivity contribution in [3.63, 3.8) is 0 Å². The van der Waals surface area contributed by atoms with Gasteiger partial charge in [-0.1, -0.05) is 18.6 Å². The van der Waals surface area contributed by atoms with Gasteiger partial charge < -0.3 is 15.1 Å². The third kappa shape index (κ3) is 5.20. The highest BCUT2D eigenvalue weighted by molar-refractivity contribution is 5.27. The summed E-state index contributed by atoms with van der Waals surface area (Å²) in [6.45, 7) is 5.59. The van der Waals surface area contributed by atoms with Crippen LogP contribution in [-0.2, 0) is 6.54 Å². The topological polar surface area (TPSA) is 46.9 Å². The van der Waals surface area contributed by atoms with E-state index in [9.17, 15) is 10.2 Å². The van der Waals surface area contributed by atoms with Crippen molar-refractivity contribution in [2.75, 3.05) is 26.2 Å². The molecule has 0 aromatic heterocycles. The number of hydrogen-bond acceptors (Lipinski definition) is 4. The number of hydrogen-bond donors (Lipinski definition) is 2. The lowest BCUT2D eigenvalue weighted by atomic mass is 9.91. The molecule has 2 N–H and O–H groups in total.